The molecular weight excluding hydrogens is 435 g/mol. The SMILES string of the molecule is CCN(CC)C(CNC(=NC)NCC1CCCS1)c1ccco1.I. The largest absolute Gasteiger partial charge is 0.468 e. The van der Waals surface area contributed by atoms with Crippen molar-refractivity contribution < 1.29 is 4.42 Å². The van der Waals surface area contributed by atoms with Gasteiger partial charge in [-0.15, -0.1) is 24.0 Å². The van der Waals surface area contributed by atoms with Crippen molar-refractivity contribution in [3.8, 4) is 0 Å². The molecule has 0 saturated carbocycles. The van der Waals surface area contributed by atoms with Crippen LogP contribution in [0.25, 0.3) is 0 Å². The van der Waals surface area contributed by atoms with Crippen molar-refractivity contribution in [3.63, 3.8) is 0 Å². The summed E-state index contributed by atoms with van der Waals surface area (Å²) < 4.78 is 5.64. The Morgan fingerprint density at radius 3 is 2.75 bits per heavy atom. The lowest BCUT2D eigenvalue weighted by molar-refractivity contribution is 0.193. The van der Waals surface area contributed by atoms with Crippen LogP contribution in [0.15, 0.2) is 27.8 Å². The molecule has 0 radical (unpaired) electrons. The highest BCUT2D eigenvalue weighted by Crippen LogP contribution is 2.25. The van der Waals surface area contributed by atoms with Crippen molar-refractivity contribution in [2.24, 2.45) is 4.99 Å². The van der Waals surface area contributed by atoms with Gasteiger partial charge in [-0.3, -0.25) is 9.89 Å². The molecule has 2 atom stereocenters. The quantitative estimate of drug-likeness (QED) is 0.350. The van der Waals surface area contributed by atoms with Crippen molar-refractivity contribution in [2.75, 3.05) is 39.0 Å². The molecule has 0 aromatic carbocycles. The molecule has 2 unspecified atom stereocenters. The van der Waals surface area contributed by atoms with Crippen molar-refractivity contribution in [1.82, 2.24) is 15.5 Å². The summed E-state index contributed by atoms with van der Waals surface area (Å²) in [4.78, 5) is 6.74. The van der Waals surface area contributed by atoms with E-state index in [0.29, 0.717) is 0 Å². The first-order valence-electron chi connectivity index (χ1n) is 8.62. The molecule has 1 aromatic rings. The molecule has 24 heavy (non-hydrogen) atoms. The zero-order valence-electron chi connectivity index (χ0n) is 15.0. The normalized spacial score (nSPS) is 19.2. The number of nitrogens with one attached hydrogen (secondary N) is 2. The lowest BCUT2D eigenvalue weighted by atomic mass is 10.2. The fraction of sp³-hybridized carbons (Fsp3) is 0.706. The van der Waals surface area contributed by atoms with Gasteiger partial charge in [0, 0.05) is 25.4 Å². The van der Waals surface area contributed by atoms with E-state index in [0.717, 1.165) is 43.1 Å². The molecule has 2 heterocycles. The molecular formula is C17H31IN4OS. The standard InChI is InChI=1S/C17H30N4OS.HI/c1-4-21(5-2)15(16-9-6-10-22-16)13-20-17(18-3)19-12-14-8-7-11-23-14;/h6,9-10,14-15H,4-5,7-8,11-13H2,1-3H3,(H2,18,19,20);1H. The molecule has 1 aliphatic rings. The van der Waals surface area contributed by atoms with Crippen LogP contribution >= 0.6 is 35.7 Å². The molecule has 138 valence electrons. The summed E-state index contributed by atoms with van der Waals surface area (Å²) in [6.45, 7) is 8.13. The second-order valence-corrected chi connectivity index (χ2v) is 7.13. The predicted octanol–water partition coefficient (Wildman–Crippen LogP) is 3.34. The van der Waals surface area contributed by atoms with E-state index >= 15 is 0 Å². The molecule has 7 heteroatoms. The maximum atomic E-state index is 5.64. The average Bonchev–Trinajstić information content (AvgIpc) is 3.27. The summed E-state index contributed by atoms with van der Waals surface area (Å²) >= 11 is 2.06. The molecule has 0 spiro atoms. The Kier molecular flexibility index (Phi) is 10.8. The maximum Gasteiger partial charge on any atom is 0.191 e. The third-order valence-corrected chi connectivity index (χ3v) is 5.73. The zero-order valence-corrected chi connectivity index (χ0v) is 18.1. The summed E-state index contributed by atoms with van der Waals surface area (Å²) in [5.41, 5.74) is 0. The number of likely N-dealkylation sites (N-methyl/N-ethyl adjacent to an activating group) is 1. The van der Waals surface area contributed by atoms with E-state index in [1.165, 1.54) is 18.6 Å². The van der Waals surface area contributed by atoms with Gasteiger partial charge in [0.1, 0.15) is 5.76 Å². The third-order valence-electron chi connectivity index (χ3n) is 4.33. The number of aliphatic imine (C=N–C) groups is 1. The Bertz CT molecular complexity index is 459. The molecule has 0 bridgehead atoms. The minimum Gasteiger partial charge on any atom is -0.468 e. The summed E-state index contributed by atoms with van der Waals surface area (Å²) in [6, 6.07) is 4.23. The summed E-state index contributed by atoms with van der Waals surface area (Å²) in [7, 11) is 1.83. The van der Waals surface area contributed by atoms with Crippen LogP contribution < -0.4 is 10.6 Å². The minimum absolute atomic E-state index is 0. The van der Waals surface area contributed by atoms with Crippen LogP contribution in [0.5, 0.6) is 0 Å². The zero-order chi connectivity index (χ0) is 16.5. The number of rotatable bonds is 8. The number of hydrogen-bond donors (Lipinski definition) is 2. The molecule has 1 fully saturated rings. The number of furan rings is 1. The number of thioether (sulfide) groups is 1. The second-order valence-electron chi connectivity index (χ2n) is 5.72. The molecule has 0 amide bonds. The van der Waals surface area contributed by atoms with Gasteiger partial charge >= 0.3 is 0 Å². The fourth-order valence-corrected chi connectivity index (χ4v) is 4.19. The highest BCUT2D eigenvalue weighted by molar-refractivity contribution is 14.0. The van der Waals surface area contributed by atoms with E-state index in [1.807, 2.05) is 13.1 Å². The van der Waals surface area contributed by atoms with Crippen molar-refractivity contribution in [1.29, 1.82) is 0 Å². The van der Waals surface area contributed by atoms with Crippen molar-refractivity contribution >= 4 is 41.7 Å². The summed E-state index contributed by atoms with van der Waals surface area (Å²) in [6.07, 6.45) is 4.39. The Morgan fingerprint density at radius 2 is 2.21 bits per heavy atom. The summed E-state index contributed by atoms with van der Waals surface area (Å²) in [5.74, 6) is 3.17. The smallest absolute Gasteiger partial charge is 0.191 e. The van der Waals surface area contributed by atoms with Gasteiger partial charge in [-0.05, 0) is 43.8 Å². The van der Waals surface area contributed by atoms with Gasteiger partial charge in [-0.2, -0.15) is 11.8 Å². The predicted molar refractivity (Wildman–Crippen MR) is 115 cm³/mol. The van der Waals surface area contributed by atoms with Crippen LogP contribution in [-0.2, 0) is 0 Å². The lowest BCUT2D eigenvalue weighted by Crippen LogP contribution is -2.44. The molecule has 0 aliphatic carbocycles. The number of guanidine groups is 1. The van der Waals surface area contributed by atoms with Crippen molar-refractivity contribution in [3.05, 3.63) is 24.2 Å². The highest BCUT2D eigenvalue weighted by Gasteiger charge is 2.21. The van der Waals surface area contributed by atoms with Crippen molar-refractivity contribution in [2.45, 2.75) is 38.0 Å². The third kappa shape index (κ3) is 6.48. The monoisotopic (exact) mass is 466 g/mol. The van der Waals surface area contributed by atoms with Gasteiger partial charge < -0.3 is 15.1 Å². The van der Waals surface area contributed by atoms with Gasteiger partial charge in [0.25, 0.3) is 0 Å². The van der Waals surface area contributed by atoms with Crippen LogP contribution in [0.1, 0.15) is 38.5 Å². The highest BCUT2D eigenvalue weighted by atomic mass is 127. The first-order chi connectivity index (χ1) is 11.3. The fourth-order valence-electron chi connectivity index (χ4n) is 2.98. The molecule has 2 rings (SSSR count). The average molecular weight is 466 g/mol. The second kappa shape index (κ2) is 12.0. The molecule has 5 nitrogen and oxygen atoms in total. The van der Waals surface area contributed by atoms with Crippen LogP contribution in [0.4, 0.5) is 0 Å². The lowest BCUT2D eigenvalue weighted by Gasteiger charge is -2.29. The maximum absolute atomic E-state index is 5.64. The topological polar surface area (TPSA) is 52.8 Å². The van der Waals surface area contributed by atoms with Gasteiger partial charge in [-0.25, -0.2) is 0 Å². The van der Waals surface area contributed by atoms with Gasteiger partial charge in [0.15, 0.2) is 5.96 Å². The van der Waals surface area contributed by atoms with Gasteiger partial charge in [-0.1, -0.05) is 13.8 Å². The van der Waals surface area contributed by atoms with E-state index in [4.69, 9.17) is 4.42 Å². The van der Waals surface area contributed by atoms with Gasteiger partial charge in [0.2, 0.25) is 0 Å². The number of halogens is 1. The number of hydrogen-bond acceptors (Lipinski definition) is 4. The Morgan fingerprint density at radius 1 is 1.42 bits per heavy atom. The van der Waals surface area contributed by atoms with Crippen LogP contribution in [0.3, 0.4) is 0 Å². The van der Waals surface area contributed by atoms with Gasteiger partial charge in [0.05, 0.1) is 12.3 Å². The minimum atomic E-state index is 0. The Hall–Kier alpha value is -0.410. The molecule has 2 N–H and O–H groups in total. The van der Waals surface area contributed by atoms with Crippen LogP contribution in [-0.4, -0.2) is 55.1 Å². The summed E-state index contributed by atoms with van der Waals surface area (Å²) in [5, 5.41) is 7.63. The van der Waals surface area contributed by atoms with Crippen LogP contribution in [0, 0.1) is 0 Å². The molecule has 1 aromatic heterocycles. The Labute approximate surface area is 167 Å². The van der Waals surface area contributed by atoms with E-state index in [1.54, 1.807) is 6.26 Å². The van der Waals surface area contributed by atoms with E-state index in [-0.39, 0.29) is 30.0 Å². The Balaban J connectivity index is 0.00000288. The van der Waals surface area contributed by atoms with E-state index in [9.17, 15) is 0 Å². The van der Waals surface area contributed by atoms with E-state index < -0.39 is 0 Å². The molecule has 1 aliphatic heterocycles. The first-order valence-corrected chi connectivity index (χ1v) is 9.66. The van der Waals surface area contributed by atoms with E-state index in [2.05, 4.69) is 52.2 Å². The number of nitrogens with zero attached hydrogens (tertiary/aromatic N) is 2. The van der Waals surface area contributed by atoms with Crippen LogP contribution in [0.2, 0.25) is 0 Å². The first kappa shape index (κ1) is 21.6. The molecule has 1 saturated heterocycles.